The summed E-state index contributed by atoms with van der Waals surface area (Å²) in [6.45, 7) is 4.08. The molecule has 0 aromatic heterocycles. The van der Waals surface area contributed by atoms with Crippen LogP contribution in [0.5, 0.6) is 0 Å². The highest BCUT2D eigenvalue weighted by atomic mass is 16.5. The third kappa shape index (κ3) is 4.05. The molecule has 37 heavy (non-hydrogen) atoms. The molecule has 5 rings (SSSR count). The molecule has 2 bridgehead atoms. The molecule has 0 saturated heterocycles. The average molecular weight is 491 g/mol. The van der Waals surface area contributed by atoms with Crippen LogP contribution < -0.4 is 0 Å². The molecule has 0 radical (unpaired) electrons. The van der Waals surface area contributed by atoms with Crippen LogP contribution in [0.25, 0.3) is 5.57 Å². The second-order valence-electron chi connectivity index (χ2n) is 9.97. The maximum Gasteiger partial charge on any atom is 0.310 e. The van der Waals surface area contributed by atoms with E-state index >= 15 is 0 Å². The number of carbonyl (C=O) groups is 2. The lowest BCUT2D eigenvalue weighted by Crippen LogP contribution is -2.45. The summed E-state index contributed by atoms with van der Waals surface area (Å²) in [5, 5.41) is 0. The fraction of sp³-hybridized carbons (Fsp3) is 0.273. The van der Waals surface area contributed by atoms with Crippen LogP contribution in [0.1, 0.15) is 34.2 Å². The molecule has 186 valence electrons. The van der Waals surface area contributed by atoms with Crippen molar-refractivity contribution in [3.05, 3.63) is 112 Å². The van der Waals surface area contributed by atoms with Crippen molar-refractivity contribution in [2.45, 2.75) is 25.7 Å². The third-order valence-electron chi connectivity index (χ3n) is 7.92. The summed E-state index contributed by atoms with van der Waals surface area (Å²) in [6.07, 6.45) is 0.581. The highest BCUT2D eigenvalue weighted by molar-refractivity contribution is 5.94. The zero-order valence-electron chi connectivity index (χ0n) is 21.6. The first kappa shape index (κ1) is 24.6. The van der Waals surface area contributed by atoms with Gasteiger partial charge in [0, 0.05) is 22.5 Å². The van der Waals surface area contributed by atoms with Crippen molar-refractivity contribution >= 4 is 17.5 Å². The van der Waals surface area contributed by atoms with Crippen LogP contribution in [0, 0.1) is 43.4 Å². The first-order valence-corrected chi connectivity index (χ1v) is 12.5. The van der Waals surface area contributed by atoms with E-state index in [2.05, 4.69) is 24.0 Å². The van der Waals surface area contributed by atoms with Crippen molar-refractivity contribution in [3.63, 3.8) is 0 Å². The normalized spacial score (nSPS) is 23.8. The highest BCUT2D eigenvalue weighted by Crippen LogP contribution is 2.66. The molecule has 0 aliphatic heterocycles. The van der Waals surface area contributed by atoms with E-state index < -0.39 is 29.2 Å². The molecule has 0 heterocycles. The van der Waals surface area contributed by atoms with E-state index in [1.807, 2.05) is 80.6 Å². The number of allylic oxidation sites excluding steroid dienone is 2. The molecule has 0 N–H and O–H groups in total. The zero-order chi connectivity index (χ0) is 26.2. The van der Waals surface area contributed by atoms with Crippen LogP contribution in [0.2, 0.25) is 0 Å². The molecule has 0 spiro atoms. The van der Waals surface area contributed by atoms with Crippen LogP contribution in [-0.4, -0.2) is 26.2 Å². The van der Waals surface area contributed by atoms with Crippen molar-refractivity contribution in [2.75, 3.05) is 14.2 Å². The number of fused-ring (bicyclic) bond motifs is 2. The predicted molar refractivity (Wildman–Crippen MR) is 143 cm³/mol. The Hall–Kier alpha value is -4.10. The Labute approximate surface area is 218 Å². The molecule has 0 unspecified atom stereocenters. The Morgan fingerprint density at radius 1 is 0.784 bits per heavy atom. The maximum atomic E-state index is 13.5. The summed E-state index contributed by atoms with van der Waals surface area (Å²) in [5.74, 6) is 4.42. The van der Waals surface area contributed by atoms with Crippen molar-refractivity contribution < 1.29 is 19.1 Å². The fourth-order valence-electron chi connectivity index (χ4n) is 6.23. The van der Waals surface area contributed by atoms with E-state index in [4.69, 9.17) is 9.47 Å². The van der Waals surface area contributed by atoms with E-state index in [9.17, 15) is 9.59 Å². The summed E-state index contributed by atoms with van der Waals surface area (Å²) in [5.41, 5.74) is 6.22. The van der Waals surface area contributed by atoms with Crippen molar-refractivity contribution in [2.24, 2.45) is 17.8 Å². The molecule has 1 saturated carbocycles. The van der Waals surface area contributed by atoms with Gasteiger partial charge in [0.15, 0.2) is 0 Å². The second-order valence-corrected chi connectivity index (χ2v) is 9.97. The average Bonchev–Trinajstić information content (AvgIpc) is 3.45. The van der Waals surface area contributed by atoms with Gasteiger partial charge in [0.25, 0.3) is 0 Å². The summed E-state index contributed by atoms with van der Waals surface area (Å²) in [4.78, 5) is 26.7. The minimum Gasteiger partial charge on any atom is -0.469 e. The topological polar surface area (TPSA) is 52.6 Å². The van der Waals surface area contributed by atoms with Gasteiger partial charge < -0.3 is 9.47 Å². The number of methoxy groups -OCH3 is 2. The zero-order valence-corrected chi connectivity index (χ0v) is 21.6. The fourth-order valence-corrected chi connectivity index (χ4v) is 6.23. The smallest absolute Gasteiger partial charge is 0.310 e. The third-order valence-corrected chi connectivity index (χ3v) is 7.92. The predicted octanol–water partition coefficient (Wildman–Crippen LogP) is 5.66. The van der Waals surface area contributed by atoms with Crippen molar-refractivity contribution in [1.29, 1.82) is 0 Å². The van der Waals surface area contributed by atoms with E-state index in [0.29, 0.717) is 6.42 Å². The standard InChI is InChI=1S/C33H30O4/c1-21-10-14-23(15-11-21)16-19-27-28(24-8-6-5-7-9-24)26-20-33(27,25-17-12-22(2)13-18-25)30(32(35)37-4)29(26)31(34)36-3/h5-15,17-18,26,29-30H,20H2,1-4H3/t26-,29-,30+,33-/m1/s1. The van der Waals surface area contributed by atoms with Gasteiger partial charge in [-0.1, -0.05) is 89.7 Å². The minimum absolute atomic E-state index is 0.234. The van der Waals surface area contributed by atoms with Crippen LogP contribution >= 0.6 is 0 Å². The number of hydrogen-bond donors (Lipinski definition) is 0. The highest BCUT2D eigenvalue weighted by Gasteiger charge is 2.67. The van der Waals surface area contributed by atoms with Gasteiger partial charge in [-0.25, -0.2) is 0 Å². The van der Waals surface area contributed by atoms with Gasteiger partial charge in [0.1, 0.15) is 0 Å². The molecule has 2 aliphatic carbocycles. The molecular weight excluding hydrogens is 460 g/mol. The monoisotopic (exact) mass is 490 g/mol. The Kier molecular flexibility index (Phi) is 6.48. The number of hydrogen-bond acceptors (Lipinski definition) is 4. The number of ether oxygens (including phenoxy) is 2. The summed E-state index contributed by atoms with van der Waals surface area (Å²) in [6, 6.07) is 26.3. The SMILES string of the molecule is COC(=O)[C@@H]1[C@@H]2C[C@@](c3ccc(C)cc3)(C(C#Cc3ccc(C)cc3)=C2c2ccccc2)[C@@H]1C(=O)OC. The number of aryl methyl sites for hydroxylation is 2. The molecule has 1 fully saturated rings. The van der Waals surface area contributed by atoms with Crippen LogP contribution in [0.15, 0.2) is 84.4 Å². The molecule has 0 amide bonds. The molecular formula is C33H30O4. The minimum atomic E-state index is -0.812. The second kappa shape index (κ2) is 9.75. The molecule has 4 nitrogen and oxygen atoms in total. The first-order chi connectivity index (χ1) is 17.9. The Morgan fingerprint density at radius 3 is 1.97 bits per heavy atom. The Balaban J connectivity index is 1.83. The molecule has 4 atom stereocenters. The van der Waals surface area contributed by atoms with Gasteiger partial charge >= 0.3 is 11.9 Å². The van der Waals surface area contributed by atoms with Gasteiger partial charge in [-0.2, -0.15) is 0 Å². The van der Waals surface area contributed by atoms with Crippen LogP contribution in [0.3, 0.4) is 0 Å². The van der Waals surface area contributed by atoms with Gasteiger partial charge in [-0.15, -0.1) is 0 Å². The number of rotatable bonds is 4. The molecule has 3 aromatic rings. The van der Waals surface area contributed by atoms with Gasteiger partial charge in [-0.05, 0) is 49.1 Å². The number of esters is 2. The molecule has 2 aliphatic rings. The largest absolute Gasteiger partial charge is 0.469 e. The lowest BCUT2D eigenvalue weighted by Gasteiger charge is -2.38. The summed E-state index contributed by atoms with van der Waals surface area (Å²) in [7, 11) is 2.76. The Morgan fingerprint density at radius 2 is 1.38 bits per heavy atom. The lowest BCUT2D eigenvalue weighted by molar-refractivity contribution is -0.158. The van der Waals surface area contributed by atoms with E-state index in [1.165, 1.54) is 14.2 Å². The van der Waals surface area contributed by atoms with Crippen LogP contribution in [0.4, 0.5) is 0 Å². The summed E-state index contributed by atoms with van der Waals surface area (Å²) < 4.78 is 10.6. The van der Waals surface area contributed by atoms with Crippen molar-refractivity contribution in [1.82, 2.24) is 0 Å². The van der Waals surface area contributed by atoms with E-state index in [1.54, 1.807) is 0 Å². The van der Waals surface area contributed by atoms with Gasteiger partial charge in [0.05, 0.1) is 26.1 Å². The molecule has 3 aromatic carbocycles. The van der Waals surface area contributed by atoms with Gasteiger partial charge in [-0.3, -0.25) is 9.59 Å². The number of carbonyl (C=O) groups excluding carboxylic acids is 2. The van der Waals surface area contributed by atoms with Gasteiger partial charge in [0.2, 0.25) is 0 Å². The van der Waals surface area contributed by atoms with E-state index in [0.717, 1.165) is 39.0 Å². The lowest BCUT2D eigenvalue weighted by atomic mass is 9.63. The molecule has 4 heteroatoms. The summed E-state index contributed by atoms with van der Waals surface area (Å²) >= 11 is 0. The van der Waals surface area contributed by atoms with E-state index in [-0.39, 0.29) is 5.92 Å². The Bertz CT molecular complexity index is 1420. The first-order valence-electron chi connectivity index (χ1n) is 12.5. The maximum absolute atomic E-state index is 13.5. The van der Waals surface area contributed by atoms with Crippen LogP contribution in [-0.2, 0) is 24.5 Å². The van der Waals surface area contributed by atoms with Crippen molar-refractivity contribution in [3.8, 4) is 11.8 Å². The quantitative estimate of drug-likeness (QED) is 0.350. The number of benzene rings is 3.